The van der Waals surface area contributed by atoms with Crippen molar-refractivity contribution in [2.45, 2.75) is 56.8 Å². The van der Waals surface area contributed by atoms with Crippen LogP contribution < -0.4 is 10.6 Å². The summed E-state index contributed by atoms with van der Waals surface area (Å²) in [5, 5.41) is 16.7. The summed E-state index contributed by atoms with van der Waals surface area (Å²) in [7, 11) is -3.55. The number of hydrogen-bond acceptors (Lipinski definition) is 8. The lowest BCUT2D eigenvalue weighted by Crippen LogP contribution is -2.37. The van der Waals surface area contributed by atoms with Gasteiger partial charge in [-0.2, -0.15) is 9.57 Å². The maximum absolute atomic E-state index is 13.2. The second-order valence-electron chi connectivity index (χ2n) is 11.1. The minimum Gasteiger partial charge on any atom is -0.468 e. The molecule has 3 aliphatic rings. The Balaban J connectivity index is 1.30. The van der Waals surface area contributed by atoms with E-state index in [1.54, 1.807) is 24.3 Å². The SMILES string of the molecule is CC1(C)CC(=O)C2=C(C1)NC(SCC(=O)Nc1ccc(S(=O)(=O)N3CCCCC3)cc1)=C(C#N)[C@H]2c1ccco1. The molecule has 0 radical (unpaired) electrons. The third-order valence-corrected chi connectivity index (χ3v) is 10.3. The van der Waals surface area contributed by atoms with Crippen LogP contribution in [0.2, 0.25) is 0 Å². The fraction of sp³-hybridized carbons (Fsp3) is 0.414. The van der Waals surface area contributed by atoms with Gasteiger partial charge in [0.2, 0.25) is 15.9 Å². The van der Waals surface area contributed by atoms with E-state index >= 15 is 0 Å². The number of dihydropyridines is 1. The second-order valence-corrected chi connectivity index (χ2v) is 14.0. The molecule has 11 heteroatoms. The van der Waals surface area contributed by atoms with E-state index in [1.165, 1.54) is 34.5 Å². The first-order chi connectivity index (χ1) is 19.1. The number of thioether (sulfide) groups is 1. The van der Waals surface area contributed by atoms with Crippen LogP contribution in [-0.2, 0) is 19.6 Å². The third-order valence-electron chi connectivity index (χ3n) is 7.39. The lowest BCUT2D eigenvalue weighted by Gasteiger charge is -2.38. The number of sulfonamides is 1. The molecule has 1 aromatic carbocycles. The summed E-state index contributed by atoms with van der Waals surface area (Å²) in [5.41, 5.74) is 1.90. The normalized spacial score (nSPS) is 21.4. The number of benzene rings is 1. The number of nitriles is 1. The number of nitrogens with one attached hydrogen (secondary N) is 2. The van der Waals surface area contributed by atoms with Crippen LogP contribution in [0.5, 0.6) is 0 Å². The van der Waals surface area contributed by atoms with Crippen molar-refractivity contribution >= 4 is 39.2 Å². The molecule has 1 aliphatic carbocycles. The molecule has 210 valence electrons. The Labute approximate surface area is 238 Å². The van der Waals surface area contributed by atoms with Crippen LogP contribution in [0.1, 0.15) is 57.6 Å². The molecule has 2 aromatic rings. The number of hydrogen-bond donors (Lipinski definition) is 2. The number of allylic oxidation sites excluding steroid dienone is 3. The van der Waals surface area contributed by atoms with Gasteiger partial charge in [-0.25, -0.2) is 8.42 Å². The first kappa shape index (κ1) is 28.2. The van der Waals surface area contributed by atoms with Gasteiger partial charge < -0.3 is 15.1 Å². The highest BCUT2D eigenvalue weighted by atomic mass is 32.2. The maximum atomic E-state index is 13.2. The lowest BCUT2D eigenvalue weighted by atomic mass is 9.70. The number of amides is 1. The smallest absolute Gasteiger partial charge is 0.243 e. The molecular formula is C29H32N4O5S2. The number of rotatable bonds is 7. The van der Waals surface area contributed by atoms with Gasteiger partial charge in [0.15, 0.2) is 5.78 Å². The van der Waals surface area contributed by atoms with Gasteiger partial charge in [-0.1, -0.05) is 32.0 Å². The highest BCUT2D eigenvalue weighted by molar-refractivity contribution is 8.03. The molecule has 1 aromatic heterocycles. The second kappa shape index (κ2) is 11.3. The zero-order valence-corrected chi connectivity index (χ0v) is 24.2. The fourth-order valence-corrected chi connectivity index (χ4v) is 7.91. The fourth-order valence-electron chi connectivity index (χ4n) is 5.53. The molecule has 40 heavy (non-hydrogen) atoms. The summed E-state index contributed by atoms with van der Waals surface area (Å²) >= 11 is 1.19. The van der Waals surface area contributed by atoms with Crippen LogP contribution in [0.3, 0.4) is 0 Å². The number of Topliss-reactive ketones (excluding diaryl/α,β-unsaturated/α-hetero) is 1. The highest BCUT2D eigenvalue weighted by Gasteiger charge is 2.43. The molecule has 1 saturated heterocycles. The maximum Gasteiger partial charge on any atom is 0.243 e. The van der Waals surface area contributed by atoms with Crippen LogP contribution in [0.15, 0.2) is 73.8 Å². The summed E-state index contributed by atoms with van der Waals surface area (Å²) in [6, 6.07) is 11.9. The predicted molar refractivity (Wildman–Crippen MR) is 152 cm³/mol. The predicted octanol–water partition coefficient (Wildman–Crippen LogP) is 4.89. The Bertz CT molecular complexity index is 1510. The molecule has 9 nitrogen and oxygen atoms in total. The molecule has 1 fully saturated rings. The van der Waals surface area contributed by atoms with Crippen molar-refractivity contribution in [1.82, 2.24) is 9.62 Å². The minimum absolute atomic E-state index is 0.00612. The van der Waals surface area contributed by atoms with Crippen molar-refractivity contribution in [2.24, 2.45) is 5.41 Å². The van der Waals surface area contributed by atoms with Gasteiger partial charge in [0.25, 0.3) is 0 Å². The van der Waals surface area contributed by atoms with Crippen LogP contribution in [0.4, 0.5) is 5.69 Å². The van der Waals surface area contributed by atoms with Crippen LogP contribution >= 0.6 is 11.8 Å². The quantitative estimate of drug-likeness (QED) is 0.473. The van der Waals surface area contributed by atoms with Crippen molar-refractivity contribution in [1.29, 1.82) is 5.26 Å². The number of furan rings is 1. The molecule has 3 heterocycles. The molecule has 1 atom stereocenters. The Morgan fingerprint density at radius 1 is 1.18 bits per heavy atom. The molecule has 2 aliphatic heterocycles. The molecule has 5 rings (SSSR count). The monoisotopic (exact) mass is 580 g/mol. The summed E-state index contributed by atoms with van der Waals surface area (Å²) in [4.78, 5) is 26.2. The average Bonchev–Trinajstić information content (AvgIpc) is 3.46. The van der Waals surface area contributed by atoms with Gasteiger partial charge in [0.05, 0.1) is 39.5 Å². The van der Waals surface area contributed by atoms with Gasteiger partial charge in [0.1, 0.15) is 5.76 Å². The Kier molecular flexibility index (Phi) is 7.95. The van der Waals surface area contributed by atoms with E-state index in [4.69, 9.17) is 4.42 Å². The first-order valence-electron chi connectivity index (χ1n) is 13.3. The number of carbonyl (C=O) groups excluding carboxylic acids is 2. The molecule has 1 amide bonds. The Morgan fingerprint density at radius 3 is 2.55 bits per heavy atom. The third kappa shape index (κ3) is 5.75. The first-order valence-corrected chi connectivity index (χ1v) is 15.8. The number of anilines is 1. The number of ketones is 1. The van der Waals surface area contributed by atoms with Gasteiger partial charge >= 0.3 is 0 Å². The van der Waals surface area contributed by atoms with E-state index in [1.807, 2.05) is 13.8 Å². The molecule has 2 N–H and O–H groups in total. The minimum atomic E-state index is -3.55. The number of carbonyl (C=O) groups is 2. The summed E-state index contributed by atoms with van der Waals surface area (Å²) in [5.74, 6) is -0.426. The highest BCUT2D eigenvalue weighted by Crippen LogP contribution is 2.47. The largest absolute Gasteiger partial charge is 0.468 e. The Morgan fingerprint density at radius 2 is 1.90 bits per heavy atom. The van der Waals surface area contributed by atoms with Crippen molar-refractivity contribution < 1.29 is 22.4 Å². The summed E-state index contributed by atoms with van der Waals surface area (Å²) in [6.45, 7) is 5.12. The van der Waals surface area contributed by atoms with Crippen molar-refractivity contribution in [3.8, 4) is 6.07 Å². The van der Waals surface area contributed by atoms with E-state index in [9.17, 15) is 23.3 Å². The van der Waals surface area contributed by atoms with Crippen molar-refractivity contribution in [3.63, 3.8) is 0 Å². The van der Waals surface area contributed by atoms with Crippen LogP contribution in [0, 0.1) is 16.7 Å². The number of nitrogens with zero attached hydrogens (tertiary/aromatic N) is 2. The van der Waals surface area contributed by atoms with Crippen molar-refractivity contribution in [2.75, 3.05) is 24.2 Å². The van der Waals surface area contributed by atoms with Gasteiger partial charge in [0, 0.05) is 36.5 Å². The van der Waals surface area contributed by atoms with Crippen molar-refractivity contribution in [3.05, 3.63) is 70.3 Å². The van der Waals surface area contributed by atoms with E-state index in [-0.39, 0.29) is 27.8 Å². The summed E-state index contributed by atoms with van der Waals surface area (Å²) < 4.78 is 32.9. The van der Waals surface area contributed by atoms with Crippen LogP contribution in [-0.4, -0.2) is 43.3 Å². The zero-order valence-electron chi connectivity index (χ0n) is 22.5. The van der Waals surface area contributed by atoms with Crippen LogP contribution in [0.25, 0.3) is 0 Å². The topological polar surface area (TPSA) is 133 Å². The van der Waals surface area contributed by atoms with E-state index in [0.29, 0.717) is 53.6 Å². The zero-order chi connectivity index (χ0) is 28.5. The van der Waals surface area contributed by atoms with E-state index in [0.717, 1.165) is 25.0 Å². The van der Waals surface area contributed by atoms with E-state index < -0.39 is 15.9 Å². The molecule has 0 saturated carbocycles. The molecule has 0 bridgehead atoms. The lowest BCUT2D eigenvalue weighted by molar-refractivity contribution is -0.118. The molecule has 0 spiro atoms. The van der Waals surface area contributed by atoms with Gasteiger partial charge in [-0.15, -0.1) is 0 Å². The average molecular weight is 581 g/mol. The Hall–Kier alpha value is -3.33. The van der Waals surface area contributed by atoms with Gasteiger partial charge in [-0.3, -0.25) is 9.59 Å². The van der Waals surface area contributed by atoms with Gasteiger partial charge in [-0.05, 0) is 61.1 Å². The molecule has 0 unspecified atom stereocenters. The summed E-state index contributed by atoms with van der Waals surface area (Å²) in [6.07, 6.45) is 5.29. The standard InChI is InChI=1S/C29H32N4O5S2/c1-29(2)15-22-27(23(34)16-29)26(24-7-6-14-38-24)21(17-30)28(32-22)39-18-25(35)31-19-8-10-20(11-9-19)40(36,37)33-12-4-3-5-13-33/h6-11,14,26,32H,3-5,12-13,15-16,18H2,1-2H3,(H,31,35)/t26-/m0/s1. The van der Waals surface area contributed by atoms with E-state index in [2.05, 4.69) is 16.7 Å². The number of piperidine rings is 1. The molecular weight excluding hydrogens is 548 g/mol.